The number of nitrogens with zero attached hydrogens (tertiary/aromatic N) is 2. The van der Waals surface area contributed by atoms with Crippen LogP contribution in [0.4, 0.5) is 22.7 Å². The third kappa shape index (κ3) is 5.39. The molecule has 3 aromatic rings. The quantitative estimate of drug-likeness (QED) is 0.535. The summed E-state index contributed by atoms with van der Waals surface area (Å²) in [6.07, 6.45) is 0. The smallest absolute Gasteiger partial charge is 0.257 e. The van der Waals surface area contributed by atoms with Gasteiger partial charge in [0.1, 0.15) is 0 Å². The molecular formula is C25H28N4O4S. The summed E-state index contributed by atoms with van der Waals surface area (Å²) in [6.45, 7) is 2.35. The van der Waals surface area contributed by atoms with Gasteiger partial charge < -0.3 is 20.3 Å². The Balaban J connectivity index is 1.59. The van der Waals surface area contributed by atoms with Gasteiger partial charge in [-0.1, -0.05) is 18.2 Å². The summed E-state index contributed by atoms with van der Waals surface area (Å²) < 4.78 is 32.0. The Morgan fingerprint density at radius 2 is 1.50 bits per heavy atom. The molecule has 0 spiro atoms. The minimum atomic E-state index is -3.69. The fourth-order valence-electron chi connectivity index (χ4n) is 3.67. The zero-order valence-electron chi connectivity index (χ0n) is 19.2. The molecule has 9 heteroatoms. The molecule has 0 aliphatic carbocycles. The summed E-state index contributed by atoms with van der Waals surface area (Å²) in [5, 5.41) is 6.20. The molecule has 1 aliphatic heterocycles. The lowest BCUT2D eigenvalue weighted by Gasteiger charge is -2.30. The Bertz CT molecular complexity index is 1240. The monoisotopic (exact) mass is 480 g/mol. The summed E-state index contributed by atoms with van der Waals surface area (Å²) in [7, 11) is -0.750. The lowest BCUT2D eigenvalue weighted by Crippen LogP contribution is -2.37. The maximum Gasteiger partial charge on any atom is 0.257 e. The molecule has 1 heterocycles. The molecule has 1 aliphatic rings. The number of anilines is 4. The summed E-state index contributed by atoms with van der Waals surface area (Å²) in [5.74, 6) is -0.374. The summed E-state index contributed by atoms with van der Waals surface area (Å²) in [4.78, 5) is 15.4. The standard InChI is InChI=1S/C25H28N4O4S/c1-28(2)34(31,32)22-12-13-24(29-14-16-33-17-15-29)23(18-22)25(30)27-21-10-8-20(9-11-21)26-19-6-4-3-5-7-19/h3-13,18,26H,14-17H2,1-2H3,(H,27,30). The second-order valence-corrected chi connectivity index (χ2v) is 10.2. The van der Waals surface area contributed by atoms with Gasteiger partial charge in [-0.25, -0.2) is 12.7 Å². The van der Waals surface area contributed by atoms with Crippen LogP contribution in [0.5, 0.6) is 0 Å². The van der Waals surface area contributed by atoms with E-state index in [1.807, 2.05) is 47.4 Å². The van der Waals surface area contributed by atoms with E-state index < -0.39 is 10.0 Å². The highest BCUT2D eigenvalue weighted by Crippen LogP contribution is 2.27. The first-order chi connectivity index (χ1) is 16.3. The van der Waals surface area contributed by atoms with Gasteiger partial charge in [-0.15, -0.1) is 0 Å². The first kappa shape index (κ1) is 23.7. The summed E-state index contributed by atoms with van der Waals surface area (Å²) in [6, 6.07) is 21.8. The number of para-hydroxylation sites is 1. The Kier molecular flexibility index (Phi) is 7.16. The van der Waals surface area contributed by atoms with E-state index in [9.17, 15) is 13.2 Å². The van der Waals surface area contributed by atoms with Gasteiger partial charge in [0, 0.05) is 49.9 Å². The average molecular weight is 481 g/mol. The van der Waals surface area contributed by atoms with Crippen LogP contribution in [0.15, 0.2) is 77.7 Å². The van der Waals surface area contributed by atoms with E-state index >= 15 is 0 Å². The molecule has 3 aromatic carbocycles. The molecule has 1 amide bonds. The molecule has 4 rings (SSSR count). The van der Waals surface area contributed by atoms with Crippen LogP contribution in [0.2, 0.25) is 0 Å². The van der Waals surface area contributed by atoms with Crippen LogP contribution >= 0.6 is 0 Å². The molecule has 0 saturated carbocycles. The van der Waals surface area contributed by atoms with E-state index in [1.165, 1.54) is 20.2 Å². The number of amides is 1. The lowest BCUT2D eigenvalue weighted by atomic mass is 10.1. The van der Waals surface area contributed by atoms with E-state index in [1.54, 1.807) is 24.3 Å². The maximum absolute atomic E-state index is 13.3. The Hall–Kier alpha value is -3.40. The topological polar surface area (TPSA) is 91.0 Å². The van der Waals surface area contributed by atoms with E-state index in [2.05, 4.69) is 10.6 Å². The molecule has 1 saturated heterocycles. The number of rotatable bonds is 7. The van der Waals surface area contributed by atoms with Crippen LogP contribution in [-0.4, -0.2) is 59.0 Å². The average Bonchev–Trinajstić information content (AvgIpc) is 2.86. The predicted octanol–water partition coefficient (Wildman–Crippen LogP) is 3.77. The highest BCUT2D eigenvalue weighted by Gasteiger charge is 2.24. The molecule has 8 nitrogen and oxygen atoms in total. The second kappa shape index (κ2) is 10.3. The zero-order chi connectivity index (χ0) is 24.1. The highest BCUT2D eigenvalue weighted by molar-refractivity contribution is 7.89. The van der Waals surface area contributed by atoms with Gasteiger partial charge in [0.25, 0.3) is 5.91 Å². The van der Waals surface area contributed by atoms with Gasteiger partial charge in [-0.05, 0) is 54.6 Å². The minimum absolute atomic E-state index is 0.0714. The van der Waals surface area contributed by atoms with E-state index in [-0.39, 0.29) is 10.8 Å². The number of hydrogen-bond donors (Lipinski definition) is 2. The van der Waals surface area contributed by atoms with Crippen LogP contribution in [0, 0.1) is 0 Å². The van der Waals surface area contributed by atoms with Crippen molar-refractivity contribution in [3.05, 3.63) is 78.4 Å². The lowest BCUT2D eigenvalue weighted by molar-refractivity contribution is 0.102. The van der Waals surface area contributed by atoms with Crippen LogP contribution < -0.4 is 15.5 Å². The molecule has 0 aromatic heterocycles. The zero-order valence-corrected chi connectivity index (χ0v) is 20.0. The predicted molar refractivity (Wildman–Crippen MR) is 134 cm³/mol. The molecule has 2 N–H and O–H groups in total. The third-order valence-corrected chi connectivity index (χ3v) is 7.36. The number of carbonyl (C=O) groups is 1. The van der Waals surface area contributed by atoms with Crippen molar-refractivity contribution in [1.29, 1.82) is 0 Å². The molecule has 178 valence electrons. The van der Waals surface area contributed by atoms with Gasteiger partial charge in [0.15, 0.2) is 0 Å². The number of carbonyl (C=O) groups excluding carboxylic acids is 1. The van der Waals surface area contributed by atoms with Gasteiger partial charge in [-0.3, -0.25) is 4.79 Å². The van der Waals surface area contributed by atoms with Crippen LogP contribution in [-0.2, 0) is 14.8 Å². The number of sulfonamides is 1. The first-order valence-electron chi connectivity index (χ1n) is 11.0. The Morgan fingerprint density at radius 3 is 2.15 bits per heavy atom. The molecule has 0 unspecified atom stereocenters. The third-order valence-electron chi connectivity index (χ3n) is 5.55. The van der Waals surface area contributed by atoms with Crippen molar-refractivity contribution in [1.82, 2.24) is 4.31 Å². The second-order valence-electron chi connectivity index (χ2n) is 8.09. The number of benzene rings is 3. The van der Waals surface area contributed by atoms with E-state index in [0.717, 1.165) is 15.7 Å². The molecular weight excluding hydrogens is 452 g/mol. The van der Waals surface area contributed by atoms with Crippen molar-refractivity contribution in [2.45, 2.75) is 4.90 Å². The van der Waals surface area contributed by atoms with Crippen molar-refractivity contribution < 1.29 is 17.9 Å². The van der Waals surface area contributed by atoms with E-state index in [0.29, 0.717) is 43.2 Å². The van der Waals surface area contributed by atoms with Crippen LogP contribution in [0.3, 0.4) is 0 Å². The SMILES string of the molecule is CN(C)S(=O)(=O)c1ccc(N2CCOCC2)c(C(=O)Nc2ccc(Nc3ccccc3)cc2)c1. The molecule has 1 fully saturated rings. The van der Waals surface area contributed by atoms with Gasteiger partial charge in [0.05, 0.1) is 23.7 Å². The number of nitrogens with one attached hydrogen (secondary N) is 2. The van der Waals surface area contributed by atoms with Gasteiger partial charge in [0.2, 0.25) is 10.0 Å². The van der Waals surface area contributed by atoms with Crippen molar-refractivity contribution in [2.75, 3.05) is 55.9 Å². The molecule has 0 bridgehead atoms. The van der Waals surface area contributed by atoms with Crippen LogP contribution in [0.1, 0.15) is 10.4 Å². The van der Waals surface area contributed by atoms with Gasteiger partial charge in [-0.2, -0.15) is 0 Å². The number of hydrogen-bond acceptors (Lipinski definition) is 6. The maximum atomic E-state index is 13.3. The van der Waals surface area contributed by atoms with E-state index in [4.69, 9.17) is 4.74 Å². The fourth-order valence-corrected chi connectivity index (χ4v) is 4.60. The van der Waals surface area contributed by atoms with Crippen molar-refractivity contribution in [2.24, 2.45) is 0 Å². The molecule has 0 radical (unpaired) electrons. The first-order valence-corrected chi connectivity index (χ1v) is 12.4. The molecule has 34 heavy (non-hydrogen) atoms. The highest BCUT2D eigenvalue weighted by atomic mass is 32.2. The van der Waals surface area contributed by atoms with Crippen molar-refractivity contribution in [3.8, 4) is 0 Å². The summed E-state index contributed by atoms with van der Waals surface area (Å²) >= 11 is 0. The Morgan fingerprint density at radius 1 is 0.882 bits per heavy atom. The largest absolute Gasteiger partial charge is 0.378 e. The van der Waals surface area contributed by atoms with Crippen molar-refractivity contribution >= 4 is 38.7 Å². The normalized spacial score (nSPS) is 14.1. The number of ether oxygens (including phenoxy) is 1. The summed E-state index contributed by atoms with van der Waals surface area (Å²) in [5.41, 5.74) is 3.44. The number of morpholine rings is 1. The Labute approximate surface area is 200 Å². The van der Waals surface area contributed by atoms with Crippen molar-refractivity contribution in [3.63, 3.8) is 0 Å². The van der Waals surface area contributed by atoms with Gasteiger partial charge >= 0.3 is 0 Å². The minimum Gasteiger partial charge on any atom is -0.378 e. The molecule has 0 atom stereocenters. The van der Waals surface area contributed by atoms with Crippen LogP contribution in [0.25, 0.3) is 0 Å². The fraction of sp³-hybridized carbons (Fsp3) is 0.240.